The molecule has 3 atom stereocenters. The van der Waals surface area contributed by atoms with Crippen LogP contribution >= 0.6 is 27.3 Å². The Labute approximate surface area is 110 Å². The van der Waals surface area contributed by atoms with Gasteiger partial charge in [-0.05, 0) is 47.8 Å². The molecule has 2 heterocycles. The van der Waals surface area contributed by atoms with Crippen molar-refractivity contribution in [2.45, 2.75) is 31.9 Å². The molecular formula is C12H18BrNOS. The molecule has 90 valence electrons. The molecule has 1 aromatic rings. The molecule has 2 nitrogen and oxygen atoms in total. The minimum atomic E-state index is 0.367. The number of hydrogen-bond donors (Lipinski definition) is 1. The maximum Gasteiger partial charge on any atom is 0.0757 e. The highest BCUT2D eigenvalue weighted by molar-refractivity contribution is 9.10. The zero-order valence-corrected chi connectivity index (χ0v) is 12.1. The molecule has 0 spiro atoms. The van der Waals surface area contributed by atoms with E-state index >= 15 is 0 Å². The number of rotatable bonds is 4. The second-order valence-electron chi connectivity index (χ2n) is 4.43. The number of ether oxygens (including phenoxy) is 1. The van der Waals surface area contributed by atoms with Crippen LogP contribution in [0.3, 0.4) is 0 Å². The van der Waals surface area contributed by atoms with Crippen molar-refractivity contribution in [3.05, 3.63) is 20.8 Å². The Morgan fingerprint density at radius 2 is 2.50 bits per heavy atom. The fourth-order valence-electron chi connectivity index (χ4n) is 2.29. The lowest BCUT2D eigenvalue weighted by Gasteiger charge is -2.25. The highest BCUT2D eigenvalue weighted by Gasteiger charge is 2.31. The molecule has 2 rings (SSSR count). The Bertz CT molecular complexity index is 342. The van der Waals surface area contributed by atoms with Crippen LogP contribution in [-0.4, -0.2) is 25.8 Å². The van der Waals surface area contributed by atoms with Gasteiger partial charge in [-0.3, -0.25) is 0 Å². The van der Waals surface area contributed by atoms with Crippen LogP contribution in [0.1, 0.15) is 18.2 Å². The van der Waals surface area contributed by atoms with Crippen LogP contribution in [0.2, 0.25) is 0 Å². The van der Waals surface area contributed by atoms with E-state index in [1.54, 1.807) is 0 Å². The first kappa shape index (κ1) is 12.6. The molecule has 1 aromatic heterocycles. The summed E-state index contributed by atoms with van der Waals surface area (Å²) < 4.78 is 7.01. The van der Waals surface area contributed by atoms with E-state index in [1.807, 2.05) is 18.4 Å². The Balaban J connectivity index is 2.00. The fourth-order valence-corrected chi connectivity index (χ4v) is 3.80. The molecule has 0 saturated carbocycles. The van der Waals surface area contributed by atoms with Crippen molar-refractivity contribution < 1.29 is 4.74 Å². The zero-order valence-electron chi connectivity index (χ0n) is 9.70. The second-order valence-corrected chi connectivity index (χ2v) is 6.34. The number of likely N-dealkylation sites (N-methyl/N-ethyl adjacent to an activating group) is 1. The summed E-state index contributed by atoms with van der Waals surface area (Å²) in [6, 6.07) is 2.64. The predicted octanol–water partition coefficient (Wildman–Crippen LogP) is 3.07. The standard InChI is InChI=1S/C12H18BrNOS/c1-8-3-4-15-12(8)11(14-2)6-10-5-9(13)7-16-10/h5,7-8,11-12,14H,3-4,6H2,1-2H3. The van der Waals surface area contributed by atoms with Gasteiger partial charge in [-0.15, -0.1) is 11.3 Å². The fraction of sp³-hybridized carbons (Fsp3) is 0.667. The van der Waals surface area contributed by atoms with Crippen molar-refractivity contribution in [1.82, 2.24) is 5.32 Å². The molecule has 3 unspecified atom stereocenters. The van der Waals surface area contributed by atoms with Gasteiger partial charge >= 0.3 is 0 Å². The van der Waals surface area contributed by atoms with E-state index in [2.05, 4.69) is 39.6 Å². The minimum absolute atomic E-state index is 0.367. The van der Waals surface area contributed by atoms with Crippen LogP contribution in [0.15, 0.2) is 15.9 Å². The van der Waals surface area contributed by atoms with Gasteiger partial charge in [-0.2, -0.15) is 0 Å². The molecule has 0 aliphatic carbocycles. The third kappa shape index (κ3) is 2.86. The third-order valence-electron chi connectivity index (χ3n) is 3.25. The summed E-state index contributed by atoms with van der Waals surface area (Å²) in [4.78, 5) is 1.41. The summed E-state index contributed by atoms with van der Waals surface area (Å²) >= 11 is 5.31. The highest BCUT2D eigenvalue weighted by atomic mass is 79.9. The van der Waals surface area contributed by atoms with Crippen LogP contribution in [0, 0.1) is 5.92 Å². The molecule has 0 radical (unpaired) electrons. The molecule has 1 aliphatic rings. The Kier molecular flexibility index (Phi) is 4.41. The molecule has 4 heteroatoms. The summed E-state index contributed by atoms with van der Waals surface area (Å²) in [6.45, 7) is 3.20. The average Bonchev–Trinajstić information content (AvgIpc) is 2.84. The van der Waals surface area contributed by atoms with Crippen LogP contribution in [0.25, 0.3) is 0 Å². The van der Waals surface area contributed by atoms with E-state index in [1.165, 1.54) is 15.8 Å². The van der Waals surface area contributed by atoms with Crippen LogP contribution in [0.4, 0.5) is 0 Å². The van der Waals surface area contributed by atoms with Crippen molar-refractivity contribution in [2.24, 2.45) is 5.92 Å². The minimum Gasteiger partial charge on any atom is -0.376 e. The van der Waals surface area contributed by atoms with E-state index in [4.69, 9.17) is 4.74 Å². The summed E-state index contributed by atoms with van der Waals surface area (Å²) in [6.07, 6.45) is 2.62. The summed E-state index contributed by atoms with van der Waals surface area (Å²) in [7, 11) is 2.03. The van der Waals surface area contributed by atoms with Crippen molar-refractivity contribution in [2.75, 3.05) is 13.7 Å². The zero-order chi connectivity index (χ0) is 11.5. The summed E-state index contributed by atoms with van der Waals surface area (Å²) in [5.74, 6) is 0.667. The van der Waals surface area contributed by atoms with Gasteiger partial charge in [0.15, 0.2) is 0 Å². The van der Waals surface area contributed by atoms with Gasteiger partial charge in [0.05, 0.1) is 6.10 Å². The monoisotopic (exact) mass is 303 g/mol. The van der Waals surface area contributed by atoms with E-state index < -0.39 is 0 Å². The van der Waals surface area contributed by atoms with Gasteiger partial charge in [0.2, 0.25) is 0 Å². The molecular weight excluding hydrogens is 286 g/mol. The van der Waals surface area contributed by atoms with Crippen molar-refractivity contribution in [3.63, 3.8) is 0 Å². The van der Waals surface area contributed by atoms with E-state index in [-0.39, 0.29) is 0 Å². The molecule has 1 saturated heterocycles. The second kappa shape index (κ2) is 5.63. The lowest BCUT2D eigenvalue weighted by Crippen LogP contribution is -2.41. The van der Waals surface area contributed by atoms with Gasteiger partial charge in [0.1, 0.15) is 0 Å². The maximum absolute atomic E-state index is 5.83. The molecule has 0 aromatic carbocycles. The van der Waals surface area contributed by atoms with Gasteiger partial charge in [0.25, 0.3) is 0 Å². The first-order valence-electron chi connectivity index (χ1n) is 5.72. The number of nitrogens with one attached hydrogen (secondary N) is 1. The maximum atomic E-state index is 5.83. The van der Waals surface area contributed by atoms with Crippen molar-refractivity contribution >= 4 is 27.3 Å². The van der Waals surface area contributed by atoms with Crippen LogP contribution in [-0.2, 0) is 11.2 Å². The smallest absolute Gasteiger partial charge is 0.0757 e. The highest BCUT2D eigenvalue weighted by Crippen LogP contribution is 2.27. The number of halogens is 1. The third-order valence-corrected chi connectivity index (χ3v) is 4.97. The molecule has 0 bridgehead atoms. The normalized spacial score (nSPS) is 27.2. The summed E-state index contributed by atoms with van der Waals surface area (Å²) in [5.41, 5.74) is 0. The first-order chi connectivity index (χ1) is 7.70. The number of thiophene rings is 1. The number of hydrogen-bond acceptors (Lipinski definition) is 3. The summed E-state index contributed by atoms with van der Waals surface area (Å²) in [5, 5.41) is 5.54. The van der Waals surface area contributed by atoms with E-state index in [0.29, 0.717) is 18.1 Å². The Hall–Kier alpha value is 0.1000. The van der Waals surface area contributed by atoms with Crippen molar-refractivity contribution in [1.29, 1.82) is 0 Å². The van der Waals surface area contributed by atoms with E-state index in [0.717, 1.165) is 13.0 Å². The van der Waals surface area contributed by atoms with E-state index in [9.17, 15) is 0 Å². The van der Waals surface area contributed by atoms with Crippen LogP contribution in [0.5, 0.6) is 0 Å². The lowest BCUT2D eigenvalue weighted by atomic mass is 9.95. The van der Waals surface area contributed by atoms with Crippen molar-refractivity contribution in [3.8, 4) is 0 Å². The largest absolute Gasteiger partial charge is 0.376 e. The molecule has 1 aliphatic heterocycles. The molecule has 16 heavy (non-hydrogen) atoms. The van der Waals surface area contributed by atoms with Gasteiger partial charge in [-0.1, -0.05) is 6.92 Å². The van der Waals surface area contributed by atoms with Gasteiger partial charge in [-0.25, -0.2) is 0 Å². The quantitative estimate of drug-likeness (QED) is 0.923. The Morgan fingerprint density at radius 3 is 3.00 bits per heavy atom. The van der Waals surface area contributed by atoms with Gasteiger partial charge < -0.3 is 10.1 Å². The predicted molar refractivity (Wildman–Crippen MR) is 72.1 cm³/mol. The van der Waals surface area contributed by atoms with Gasteiger partial charge in [0, 0.05) is 27.4 Å². The molecule has 0 amide bonds. The molecule has 1 fully saturated rings. The molecule has 1 N–H and O–H groups in total. The van der Waals surface area contributed by atoms with Crippen LogP contribution < -0.4 is 5.32 Å². The lowest BCUT2D eigenvalue weighted by molar-refractivity contribution is 0.0636. The average molecular weight is 304 g/mol. The SMILES string of the molecule is CNC(Cc1cc(Br)cs1)C1OCCC1C. The Morgan fingerprint density at radius 1 is 1.69 bits per heavy atom. The first-order valence-corrected chi connectivity index (χ1v) is 7.39. The topological polar surface area (TPSA) is 21.3 Å².